The Morgan fingerprint density at radius 2 is 2.05 bits per heavy atom. The number of aliphatic hydroxyl groups excluding tert-OH is 1. The fraction of sp³-hybridized carbons (Fsp3) is 0.667. The quantitative estimate of drug-likeness (QED) is 0.839. The van der Waals surface area contributed by atoms with Crippen molar-refractivity contribution < 1.29 is 9.84 Å². The second-order valence-corrected chi connectivity index (χ2v) is 6.27. The summed E-state index contributed by atoms with van der Waals surface area (Å²) in [6, 6.07) is 9.29. The van der Waals surface area contributed by atoms with Crippen molar-refractivity contribution in [2.75, 3.05) is 32.8 Å². The molecule has 2 rings (SSSR count). The molecule has 1 aliphatic heterocycles. The van der Waals surface area contributed by atoms with Crippen LogP contribution in [-0.2, 0) is 6.54 Å². The van der Waals surface area contributed by atoms with Gasteiger partial charge in [-0.1, -0.05) is 18.2 Å². The van der Waals surface area contributed by atoms with E-state index in [-0.39, 0.29) is 6.61 Å². The highest BCUT2D eigenvalue weighted by molar-refractivity contribution is 5.33. The zero-order valence-corrected chi connectivity index (χ0v) is 14.2. The second kappa shape index (κ2) is 8.51. The van der Waals surface area contributed by atoms with Crippen molar-refractivity contribution in [2.45, 2.75) is 45.8 Å². The number of hydrogen-bond donors (Lipinski definition) is 1. The number of nitrogens with zero attached hydrogens (tertiary/aromatic N) is 2. The van der Waals surface area contributed by atoms with Crippen molar-refractivity contribution in [3.8, 4) is 5.75 Å². The molecule has 4 heteroatoms. The molecule has 0 aliphatic carbocycles. The van der Waals surface area contributed by atoms with Gasteiger partial charge in [0.05, 0.1) is 6.61 Å². The third-order valence-corrected chi connectivity index (χ3v) is 4.40. The molecule has 0 radical (unpaired) electrons. The molecule has 0 aromatic heterocycles. The predicted molar refractivity (Wildman–Crippen MR) is 90.2 cm³/mol. The van der Waals surface area contributed by atoms with Crippen molar-refractivity contribution in [3.05, 3.63) is 29.8 Å². The summed E-state index contributed by atoms with van der Waals surface area (Å²) in [5.41, 5.74) is 1.25. The van der Waals surface area contributed by atoms with Crippen molar-refractivity contribution in [2.24, 2.45) is 0 Å². The van der Waals surface area contributed by atoms with E-state index >= 15 is 0 Å². The molecule has 1 N–H and O–H groups in total. The highest BCUT2D eigenvalue weighted by Gasteiger charge is 2.28. The Kier molecular flexibility index (Phi) is 6.68. The van der Waals surface area contributed by atoms with Crippen LogP contribution < -0.4 is 4.74 Å². The predicted octanol–water partition coefficient (Wildman–Crippen LogP) is 2.36. The normalized spacial score (nSPS) is 20.5. The third-order valence-electron chi connectivity index (χ3n) is 4.40. The Morgan fingerprint density at radius 1 is 1.27 bits per heavy atom. The molecule has 4 nitrogen and oxygen atoms in total. The maximum Gasteiger partial charge on any atom is 0.123 e. The Labute approximate surface area is 134 Å². The lowest BCUT2D eigenvalue weighted by molar-refractivity contribution is 0.0346. The van der Waals surface area contributed by atoms with Gasteiger partial charge in [0, 0.05) is 50.4 Å². The number of benzene rings is 1. The molecule has 1 heterocycles. The molecule has 0 unspecified atom stereocenters. The minimum Gasteiger partial charge on any atom is -0.494 e. The Balaban J connectivity index is 2.02. The first-order chi connectivity index (χ1) is 10.7. The van der Waals surface area contributed by atoms with Crippen molar-refractivity contribution in [3.63, 3.8) is 0 Å². The number of ether oxygens (including phenoxy) is 1. The van der Waals surface area contributed by atoms with Crippen molar-refractivity contribution in [1.82, 2.24) is 9.80 Å². The lowest BCUT2D eigenvalue weighted by Gasteiger charge is -2.43. The number of hydrogen-bond acceptors (Lipinski definition) is 4. The van der Waals surface area contributed by atoms with Gasteiger partial charge in [0.2, 0.25) is 0 Å². The molecule has 1 aromatic rings. The third kappa shape index (κ3) is 4.45. The van der Waals surface area contributed by atoms with Crippen LogP contribution in [0.5, 0.6) is 5.75 Å². The van der Waals surface area contributed by atoms with Gasteiger partial charge in [-0.15, -0.1) is 0 Å². The Bertz CT molecular complexity index is 450. The maximum atomic E-state index is 9.34. The molecule has 1 saturated heterocycles. The number of aliphatic hydroxyl groups is 1. The van der Waals surface area contributed by atoms with Crippen LogP contribution in [0.3, 0.4) is 0 Å². The van der Waals surface area contributed by atoms with Gasteiger partial charge in [-0.05, 0) is 33.3 Å². The van der Waals surface area contributed by atoms with Crippen molar-refractivity contribution in [1.29, 1.82) is 0 Å². The average Bonchev–Trinajstić information content (AvgIpc) is 2.50. The summed E-state index contributed by atoms with van der Waals surface area (Å²) in [5, 5.41) is 9.34. The largest absolute Gasteiger partial charge is 0.494 e. The summed E-state index contributed by atoms with van der Waals surface area (Å²) in [5.74, 6) is 0.995. The van der Waals surface area contributed by atoms with E-state index < -0.39 is 0 Å². The van der Waals surface area contributed by atoms with Gasteiger partial charge in [0.25, 0.3) is 0 Å². The van der Waals surface area contributed by atoms with E-state index in [1.165, 1.54) is 5.56 Å². The summed E-state index contributed by atoms with van der Waals surface area (Å²) in [6.45, 7) is 11.5. The van der Waals surface area contributed by atoms with E-state index in [9.17, 15) is 5.11 Å². The smallest absolute Gasteiger partial charge is 0.123 e. The molecule has 0 spiro atoms. The molecule has 124 valence electrons. The molecule has 1 atom stereocenters. The summed E-state index contributed by atoms with van der Waals surface area (Å²) in [7, 11) is 0. The van der Waals surface area contributed by atoms with Crippen LogP contribution in [-0.4, -0.2) is 59.8 Å². The van der Waals surface area contributed by atoms with Gasteiger partial charge < -0.3 is 9.84 Å². The van der Waals surface area contributed by atoms with E-state index in [1.807, 2.05) is 13.0 Å². The highest BCUT2D eigenvalue weighted by atomic mass is 16.5. The second-order valence-electron chi connectivity index (χ2n) is 6.27. The SMILES string of the molecule is CCOc1ccccc1CN1CCN(C(C)C)[C@@H](CCO)C1. The Hall–Kier alpha value is -1.10. The molecule has 22 heavy (non-hydrogen) atoms. The van der Waals surface area contributed by atoms with E-state index in [0.717, 1.165) is 38.3 Å². The van der Waals surface area contributed by atoms with Gasteiger partial charge in [-0.25, -0.2) is 0 Å². The molecule has 0 amide bonds. The summed E-state index contributed by atoms with van der Waals surface area (Å²) in [4.78, 5) is 5.00. The van der Waals surface area contributed by atoms with Gasteiger partial charge in [0.15, 0.2) is 0 Å². The molecule has 1 aromatic carbocycles. The van der Waals surface area contributed by atoms with Crippen LogP contribution in [0.15, 0.2) is 24.3 Å². The zero-order valence-electron chi connectivity index (χ0n) is 14.2. The topological polar surface area (TPSA) is 35.9 Å². The number of rotatable bonds is 7. The van der Waals surface area contributed by atoms with Gasteiger partial charge in [-0.2, -0.15) is 0 Å². The van der Waals surface area contributed by atoms with Gasteiger partial charge in [-0.3, -0.25) is 9.80 Å². The van der Waals surface area contributed by atoms with Crippen LogP contribution in [0, 0.1) is 0 Å². The van der Waals surface area contributed by atoms with Gasteiger partial charge in [0.1, 0.15) is 5.75 Å². The number of para-hydroxylation sites is 1. The molecular weight excluding hydrogens is 276 g/mol. The van der Waals surface area contributed by atoms with Crippen LogP contribution in [0.1, 0.15) is 32.8 Å². The fourth-order valence-corrected chi connectivity index (χ4v) is 3.33. The van der Waals surface area contributed by atoms with E-state index in [4.69, 9.17) is 4.74 Å². The van der Waals surface area contributed by atoms with Crippen molar-refractivity contribution >= 4 is 0 Å². The summed E-state index contributed by atoms with van der Waals surface area (Å²) in [6.07, 6.45) is 0.849. The Morgan fingerprint density at radius 3 is 2.73 bits per heavy atom. The minimum absolute atomic E-state index is 0.261. The first-order valence-electron chi connectivity index (χ1n) is 8.45. The monoisotopic (exact) mass is 306 g/mol. The minimum atomic E-state index is 0.261. The maximum absolute atomic E-state index is 9.34. The standard InChI is InChI=1S/C18H30N2O2/c1-4-22-18-8-6-5-7-16(18)13-19-10-11-20(15(2)3)17(14-19)9-12-21/h5-8,15,17,21H,4,9-14H2,1-3H3/t17-/m0/s1. The number of piperazine rings is 1. The lowest BCUT2D eigenvalue weighted by atomic mass is 10.1. The van der Waals surface area contributed by atoms with E-state index in [0.29, 0.717) is 18.7 Å². The molecular formula is C18H30N2O2. The van der Waals surface area contributed by atoms with Crippen LogP contribution in [0.4, 0.5) is 0 Å². The fourth-order valence-electron chi connectivity index (χ4n) is 3.33. The first kappa shape index (κ1) is 17.3. The summed E-state index contributed by atoms with van der Waals surface area (Å²) >= 11 is 0. The molecule has 0 bridgehead atoms. The lowest BCUT2D eigenvalue weighted by Crippen LogP contribution is -2.55. The average molecular weight is 306 g/mol. The van der Waals surface area contributed by atoms with Crippen LogP contribution in [0.2, 0.25) is 0 Å². The molecule has 0 saturated carbocycles. The molecule has 1 fully saturated rings. The highest BCUT2D eigenvalue weighted by Crippen LogP contribution is 2.23. The van der Waals surface area contributed by atoms with E-state index in [1.54, 1.807) is 0 Å². The van der Waals surface area contributed by atoms with Crippen LogP contribution >= 0.6 is 0 Å². The zero-order chi connectivity index (χ0) is 15.9. The molecule has 1 aliphatic rings. The summed E-state index contributed by atoms with van der Waals surface area (Å²) < 4.78 is 5.74. The van der Waals surface area contributed by atoms with E-state index in [2.05, 4.69) is 41.8 Å². The van der Waals surface area contributed by atoms with Crippen LogP contribution in [0.25, 0.3) is 0 Å². The van der Waals surface area contributed by atoms with Gasteiger partial charge >= 0.3 is 0 Å². The first-order valence-corrected chi connectivity index (χ1v) is 8.45.